The molecule has 3 rings (SSSR count). The molecular weight excluding hydrogens is 258 g/mol. The van der Waals surface area contributed by atoms with Crippen LogP contribution in [0.1, 0.15) is 43.6 Å². The molecule has 0 radical (unpaired) electrons. The Bertz CT molecular complexity index is 642. The lowest BCUT2D eigenvalue weighted by molar-refractivity contribution is 0.444. The summed E-state index contributed by atoms with van der Waals surface area (Å²) in [6, 6.07) is 8.38. The number of nitrogens with one attached hydrogen (secondary N) is 1. The van der Waals surface area contributed by atoms with E-state index in [-0.39, 0.29) is 0 Å². The van der Waals surface area contributed by atoms with Gasteiger partial charge < -0.3 is 11.1 Å². The molecule has 0 spiro atoms. The van der Waals surface area contributed by atoms with Crippen LogP contribution in [0, 0.1) is 0 Å². The van der Waals surface area contributed by atoms with Crippen LogP contribution in [0.25, 0.3) is 10.9 Å². The molecule has 1 saturated carbocycles. The maximum atomic E-state index is 6.22. The van der Waals surface area contributed by atoms with Gasteiger partial charge in [-0.05, 0) is 42.5 Å². The van der Waals surface area contributed by atoms with Crippen LogP contribution < -0.4 is 11.1 Å². The zero-order valence-corrected chi connectivity index (χ0v) is 12.4. The number of aromatic nitrogens is 1. The fraction of sp³-hybridized carbons (Fsp3) is 0.389. The zero-order valence-electron chi connectivity index (χ0n) is 12.4. The van der Waals surface area contributed by atoms with Crippen molar-refractivity contribution in [2.75, 3.05) is 17.6 Å². The molecule has 1 aromatic carbocycles. The van der Waals surface area contributed by atoms with E-state index in [0.29, 0.717) is 11.7 Å². The molecule has 0 unspecified atom stereocenters. The van der Waals surface area contributed by atoms with Crippen molar-refractivity contribution in [3.8, 4) is 0 Å². The van der Waals surface area contributed by atoms with Crippen LogP contribution >= 0.6 is 0 Å². The fourth-order valence-corrected chi connectivity index (χ4v) is 3.30. The van der Waals surface area contributed by atoms with E-state index in [9.17, 15) is 0 Å². The smallest absolute Gasteiger partial charge is 0.127 e. The first-order valence-corrected chi connectivity index (χ1v) is 7.83. The molecular formula is C18H23N3. The predicted molar refractivity (Wildman–Crippen MR) is 90.7 cm³/mol. The summed E-state index contributed by atoms with van der Waals surface area (Å²) in [4.78, 5) is 4.63. The molecule has 2 aromatic rings. The quantitative estimate of drug-likeness (QED) is 0.813. The third-order valence-corrected chi connectivity index (χ3v) is 4.40. The number of rotatable bonds is 4. The zero-order chi connectivity index (χ0) is 14.7. The largest absolute Gasteiger partial charge is 0.383 e. The summed E-state index contributed by atoms with van der Waals surface area (Å²) in [6.45, 7) is 4.52. The van der Waals surface area contributed by atoms with Crippen LogP contribution in [0.4, 0.5) is 11.5 Å². The summed E-state index contributed by atoms with van der Waals surface area (Å²) in [5.74, 6) is 1.28. The van der Waals surface area contributed by atoms with Gasteiger partial charge in [0.25, 0.3) is 0 Å². The van der Waals surface area contributed by atoms with Crippen molar-refractivity contribution in [2.45, 2.75) is 38.0 Å². The lowest BCUT2D eigenvalue weighted by atomic mass is 9.84. The molecule has 0 saturated heterocycles. The number of pyridine rings is 1. The van der Waals surface area contributed by atoms with E-state index in [0.717, 1.165) is 23.1 Å². The van der Waals surface area contributed by atoms with Crippen LogP contribution in [0.15, 0.2) is 36.9 Å². The molecule has 0 amide bonds. The molecule has 1 fully saturated rings. The van der Waals surface area contributed by atoms with Gasteiger partial charge in [0.05, 0.1) is 5.52 Å². The van der Waals surface area contributed by atoms with E-state index in [1.807, 2.05) is 18.2 Å². The van der Waals surface area contributed by atoms with E-state index >= 15 is 0 Å². The summed E-state index contributed by atoms with van der Waals surface area (Å²) in [6.07, 6.45) is 8.30. The minimum Gasteiger partial charge on any atom is -0.383 e. The number of nitrogen functional groups attached to an aromatic ring is 1. The van der Waals surface area contributed by atoms with Crippen molar-refractivity contribution in [1.82, 2.24) is 4.98 Å². The lowest BCUT2D eigenvalue weighted by Gasteiger charge is -2.23. The monoisotopic (exact) mass is 281 g/mol. The van der Waals surface area contributed by atoms with Gasteiger partial charge in [0.15, 0.2) is 0 Å². The molecule has 1 heterocycles. The third-order valence-electron chi connectivity index (χ3n) is 4.40. The first kappa shape index (κ1) is 13.9. The Morgan fingerprint density at radius 2 is 2.10 bits per heavy atom. The molecule has 1 aromatic heterocycles. The van der Waals surface area contributed by atoms with E-state index < -0.39 is 0 Å². The SMILES string of the molecule is C=CCNc1cccc2nc(N)c(C3CCCCC3)cc12. The highest BCUT2D eigenvalue weighted by atomic mass is 14.9. The number of hydrogen-bond donors (Lipinski definition) is 2. The first-order chi connectivity index (χ1) is 10.3. The van der Waals surface area contributed by atoms with E-state index in [1.54, 1.807) is 0 Å². The molecule has 1 aliphatic carbocycles. The number of benzene rings is 1. The van der Waals surface area contributed by atoms with Gasteiger partial charge >= 0.3 is 0 Å². The molecule has 1 aliphatic rings. The highest BCUT2D eigenvalue weighted by Gasteiger charge is 2.19. The van der Waals surface area contributed by atoms with Gasteiger partial charge in [-0.15, -0.1) is 6.58 Å². The summed E-state index contributed by atoms with van der Waals surface area (Å²) >= 11 is 0. The lowest BCUT2D eigenvalue weighted by Crippen LogP contribution is -2.09. The molecule has 3 heteroatoms. The molecule has 21 heavy (non-hydrogen) atoms. The normalized spacial score (nSPS) is 16.0. The molecule has 110 valence electrons. The second-order valence-electron chi connectivity index (χ2n) is 5.84. The summed E-state index contributed by atoms with van der Waals surface area (Å²) in [7, 11) is 0. The average molecular weight is 281 g/mol. The number of nitrogens with two attached hydrogens (primary N) is 1. The highest BCUT2D eigenvalue weighted by Crippen LogP contribution is 2.37. The molecule has 0 bridgehead atoms. The van der Waals surface area contributed by atoms with Crippen molar-refractivity contribution in [2.24, 2.45) is 0 Å². The minimum atomic E-state index is 0.572. The number of anilines is 2. The number of nitrogens with zero attached hydrogens (tertiary/aromatic N) is 1. The highest BCUT2D eigenvalue weighted by molar-refractivity contribution is 5.93. The maximum absolute atomic E-state index is 6.22. The molecule has 3 N–H and O–H groups in total. The predicted octanol–water partition coefficient (Wildman–Crippen LogP) is 4.46. The maximum Gasteiger partial charge on any atom is 0.127 e. The van der Waals surface area contributed by atoms with Gasteiger partial charge in [0, 0.05) is 17.6 Å². The van der Waals surface area contributed by atoms with Gasteiger partial charge in [-0.2, -0.15) is 0 Å². The summed E-state index contributed by atoms with van der Waals surface area (Å²) in [5, 5.41) is 4.55. The number of fused-ring (bicyclic) bond motifs is 1. The Kier molecular flexibility index (Phi) is 4.09. The molecule has 0 aliphatic heterocycles. The van der Waals surface area contributed by atoms with Gasteiger partial charge in [0.1, 0.15) is 5.82 Å². The van der Waals surface area contributed by atoms with Crippen molar-refractivity contribution < 1.29 is 0 Å². The van der Waals surface area contributed by atoms with Gasteiger partial charge in [-0.25, -0.2) is 4.98 Å². The fourth-order valence-electron chi connectivity index (χ4n) is 3.30. The average Bonchev–Trinajstić information content (AvgIpc) is 2.53. The summed E-state index contributed by atoms with van der Waals surface area (Å²) in [5.41, 5.74) is 9.52. The Morgan fingerprint density at radius 1 is 1.29 bits per heavy atom. The van der Waals surface area contributed by atoms with E-state index in [4.69, 9.17) is 5.73 Å². The second-order valence-corrected chi connectivity index (χ2v) is 5.84. The van der Waals surface area contributed by atoms with E-state index in [2.05, 4.69) is 29.0 Å². The van der Waals surface area contributed by atoms with Crippen LogP contribution in [0.2, 0.25) is 0 Å². The Hall–Kier alpha value is -2.03. The van der Waals surface area contributed by atoms with E-state index in [1.165, 1.54) is 37.7 Å². The minimum absolute atomic E-state index is 0.572. The Balaban J connectivity index is 2.04. The Labute approximate surface area is 126 Å². The Morgan fingerprint density at radius 3 is 2.86 bits per heavy atom. The van der Waals surface area contributed by atoms with Crippen molar-refractivity contribution in [3.05, 3.63) is 42.5 Å². The van der Waals surface area contributed by atoms with Crippen molar-refractivity contribution in [3.63, 3.8) is 0 Å². The molecule has 3 nitrogen and oxygen atoms in total. The summed E-state index contributed by atoms with van der Waals surface area (Å²) < 4.78 is 0. The second kappa shape index (κ2) is 6.17. The van der Waals surface area contributed by atoms with Gasteiger partial charge in [-0.1, -0.05) is 31.4 Å². The van der Waals surface area contributed by atoms with Crippen molar-refractivity contribution in [1.29, 1.82) is 0 Å². The standard InChI is InChI=1S/C18H23N3/c1-2-11-20-16-9-6-10-17-15(16)12-14(18(19)21-17)13-7-4-3-5-8-13/h2,6,9-10,12-13,20H,1,3-5,7-8,11H2,(H2,19,21). The van der Waals surface area contributed by atoms with Gasteiger partial charge in [0.2, 0.25) is 0 Å². The van der Waals surface area contributed by atoms with Crippen LogP contribution in [0.3, 0.4) is 0 Å². The van der Waals surface area contributed by atoms with Crippen molar-refractivity contribution >= 4 is 22.4 Å². The molecule has 0 atom stereocenters. The third kappa shape index (κ3) is 2.87. The van der Waals surface area contributed by atoms with Crippen LogP contribution in [-0.2, 0) is 0 Å². The first-order valence-electron chi connectivity index (χ1n) is 7.83. The van der Waals surface area contributed by atoms with Gasteiger partial charge in [-0.3, -0.25) is 0 Å². The van der Waals surface area contributed by atoms with Crippen LogP contribution in [0.5, 0.6) is 0 Å². The topological polar surface area (TPSA) is 50.9 Å². The number of hydrogen-bond acceptors (Lipinski definition) is 3. The van der Waals surface area contributed by atoms with Crippen LogP contribution in [-0.4, -0.2) is 11.5 Å².